The van der Waals surface area contributed by atoms with Gasteiger partial charge in [0.25, 0.3) is 5.89 Å². The van der Waals surface area contributed by atoms with Crippen LogP contribution in [0.4, 0.5) is 5.69 Å². The number of anilines is 1. The van der Waals surface area contributed by atoms with Crippen molar-refractivity contribution in [3.8, 4) is 11.5 Å². The first kappa shape index (κ1) is 11.9. The highest BCUT2D eigenvalue weighted by Crippen LogP contribution is 2.29. The molecule has 0 aliphatic carbocycles. The van der Waals surface area contributed by atoms with E-state index in [0.717, 1.165) is 6.42 Å². The first-order valence-corrected chi connectivity index (χ1v) is 5.88. The van der Waals surface area contributed by atoms with Gasteiger partial charge >= 0.3 is 0 Å². The van der Waals surface area contributed by atoms with Gasteiger partial charge in [-0.3, -0.25) is 0 Å². The molecule has 0 fully saturated rings. The van der Waals surface area contributed by atoms with Crippen molar-refractivity contribution in [2.45, 2.75) is 26.2 Å². The van der Waals surface area contributed by atoms with Crippen LogP contribution in [0.2, 0.25) is 5.02 Å². The van der Waals surface area contributed by atoms with Crippen molar-refractivity contribution in [2.75, 3.05) is 5.73 Å². The molecule has 1 unspecified atom stereocenters. The van der Waals surface area contributed by atoms with Gasteiger partial charge in [0, 0.05) is 11.6 Å². The normalized spacial score (nSPS) is 12.6. The van der Waals surface area contributed by atoms with E-state index in [4.69, 9.17) is 21.9 Å². The Bertz CT molecular complexity index is 524. The van der Waals surface area contributed by atoms with Crippen molar-refractivity contribution in [1.82, 2.24) is 10.1 Å². The second-order valence-electron chi connectivity index (χ2n) is 4.01. The molecule has 0 spiro atoms. The number of rotatable bonds is 3. The first-order valence-electron chi connectivity index (χ1n) is 5.50. The van der Waals surface area contributed by atoms with E-state index in [1.54, 1.807) is 18.2 Å². The second kappa shape index (κ2) is 4.75. The van der Waals surface area contributed by atoms with Crippen LogP contribution < -0.4 is 5.73 Å². The van der Waals surface area contributed by atoms with Gasteiger partial charge in [-0.2, -0.15) is 4.98 Å². The van der Waals surface area contributed by atoms with Crippen molar-refractivity contribution in [3.63, 3.8) is 0 Å². The van der Waals surface area contributed by atoms with Crippen LogP contribution in [0.25, 0.3) is 11.5 Å². The summed E-state index contributed by atoms with van der Waals surface area (Å²) in [7, 11) is 0. The minimum atomic E-state index is 0.278. The molecule has 2 rings (SSSR count). The summed E-state index contributed by atoms with van der Waals surface area (Å²) >= 11 is 6.08. The van der Waals surface area contributed by atoms with E-state index in [0.29, 0.717) is 28.0 Å². The number of nitrogen functional groups attached to an aromatic ring is 1. The number of benzene rings is 1. The van der Waals surface area contributed by atoms with E-state index in [2.05, 4.69) is 24.0 Å². The molecular formula is C12H14ClN3O. The van der Waals surface area contributed by atoms with Crippen LogP contribution in [-0.4, -0.2) is 10.1 Å². The number of hydrogen-bond acceptors (Lipinski definition) is 4. The molecule has 0 aliphatic rings. The minimum Gasteiger partial charge on any atom is -0.399 e. The maximum absolute atomic E-state index is 6.08. The zero-order chi connectivity index (χ0) is 12.4. The van der Waals surface area contributed by atoms with E-state index >= 15 is 0 Å². The van der Waals surface area contributed by atoms with Crippen molar-refractivity contribution in [3.05, 3.63) is 29.0 Å². The molecule has 0 aliphatic heterocycles. The van der Waals surface area contributed by atoms with E-state index < -0.39 is 0 Å². The molecule has 1 aromatic carbocycles. The molecule has 0 radical (unpaired) electrons. The molecule has 2 N–H and O–H groups in total. The van der Waals surface area contributed by atoms with Crippen molar-refractivity contribution in [1.29, 1.82) is 0 Å². The molecule has 5 heteroatoms. The van der Waals surface area contributed by atoms with Crippen LogP contribution in [0.5, 0.6) is 0 Å². The lowest BCUT2D eigenvalue weighted by Crippen LogP contribution is -1.93. The highest BCUT2D eigenvalue weighted by atomic mass is 35.5. The number of hydrogen-bond donors (Lipinski definition) is 1. The number of halogens is 1. The van der Waals surface area contributed by atoms with E-state index in [9.17, 15) is 0 Å². The van der Waals surface area contributed by atoms with Crippen LogP contribution in [0, 0.1) is 0 Å². The van der Waals surface area contributed by atoms with Crippen molar-refractivity contribution < 1.29 is 4.52 Å². The lowest BCUT2D eigenvalue weighted by atomic mass is 10.1. The van der Waals surface area contributed by atoms with Gasteiger partial charge in [-0.25, -0.2) is 0 Å². The summed E-state index contributed by atoms with van der Waals surface area (Å²) < 4.78 is 5.21. The van der Waals surface area contributed by atoms with E-state index in [1.807, 2.05) is 0 Å². The Morgan fingerprint density at radius 3 is 2.88 bits per heavy atom. The van der Waals surface area contributed by atoms with Crippen molar-refractivity contribution >= 4 is 17.3 Å². The van der Waals surface area contributed by atoms with Gasteiger partial charge in [-0.15, -0.1) is 0 Å². The van der Waals surface area contributed by atoms with Gasteiger partial charge in [-0.1, -0.05) is 30.6 Å². The Balaban J connectivity index is 2.37. The largest absolute Gasteiger partial charge is 0.399 e. The summed E-state index contributed by atoms with van der Waals surface area (Å²) in [5, 5.41) is 4.47. The van der Waals surface area contributed by atoms with Gasteiger partial charge in [0.1, 0.15) is 0 Å². The summed E-state index contributed by atoms with van der Waals surface area (Å²) in [6.45, 7) is 4.14. The topological polar surface area (TPSA) is 64.9 Å². The average molecular weight is 252 g/mol. The fourth-order valence-corrected chi connectivity index (χ4v) is 1.70. The molecule has 0 saturated heterocycles. The van der Waals surface area contributed by atoms with Gasteiger partial charge < -0.3 is 10.3 Å². The van der Waals surface area contributed by atoms with Crippen molar-refractivity contribution in [2.24, 2.45) is 0 Å². The van der Waals surface area contributed by atoms with E-state index in [-0.39, 0.29) is 5.92 Å². The number of aromatic nitrogens is 2. The first-order chi connectivity index (χ1) is 8.11. The summed E-state index contributed by atoms with van der Waals surface area (Å²) in [6, 6.07) is 5.21. The third-order valence-electron chi connectivity index (χ3n) is 2.72. The molecule has 0 saturated carbocycles. The second-order valence-corrected chi connectivity index (χ2v) is 4.41. The SMILES string of the molecule is CCC(C)c1noc(-c2ccc(N)cc2Cl)n1. The lowest BCUT2D eigenvalue weighted by Gasteiger charge is -2.00. The molecule has 2 aromatic rings. The van der Waals surface area contributed by atoms with Crippen LogP contribution in [0.15, 0.2) is 22.7 Å². The van der Waals surface area contributed by atoms with E-state index in [1.165, 1.54) is 0 Å². The fraction of sp³-hybridized carbons (Fsp3) is 0.333. The maximum atomic E-state index is 6.08. The molecular weight excluding hydrogens is 238 g/mol. The summed E-state index contributed by atoms with van der Waals surface area (Å²) in [5.41, 5.74) is 6.95. The summed E-state index contributed by atoms with van der Waals surface area (Å²) in [6.07, 6.45) is 0.967. The van der Waals surface area contributed by atoms with Crippen LogP contribution in [-0.2, 0) is 0 Å². The lowest BCUT2D eigenvalue weighted by molar-refractivity contribution is 0.416. The Hall–Kier alpha value is -1.55. The number of nitrogens with zero attached hydrogens (tertiary/aromatic N) is 2. The zero-order valence-corrected chi connectivity index (χ0v) is 10.5. The molecule has 1 atom stereocenters. The maximum Gasteiger partial charge on any atom is 0.259 e. The molecule has 17 heavy (non-hydrogen) atoms. The predicted molar refractivity (Wildman–Crippen MR) is 67.9 cm³/mol. The van der Waals surface area contributed by atoms with Crippen LogP contribution in [0.3, 0.4) is 0 Å². The monoisotopic (exact) mass is 251 g/mol. The smallest absolute Gasteiger partial charge is 0.259 e. The highest BCUT2D eigenvalue weighted by Gasteiger charge is 2.15. The van der Waals surface area contributed by atoms with Gasteiger partial charge in [0.05, 0.1) is 10.6 Å². The standard InChI is InChI=1S/C12H14ClN3O/c1-3-7(2)11-15-12(17-16-11)9-5-4-8(14)6-10(9)13/h4-7H,3,14H2,1-2H3. The quantitative estimate of drug-likeness (QED) is 0.848. The molecule has 1 aromatic heterocycles. The number of nitrogens with two attached hydrogens (primary N) is 1. The third-order valence-corrected chi connectivity index (χ3v) is 3.03. The fourth-order valence-electron chi connectivity index (χ4n) is 1.43. The minimum absolute atomic E-state index is 0.278. The van der Waals surface area contributed by atoms with Gasteiger partial charge in [0.2, 0.25) is 0 Å². The molecule has 0 amide bonds. The Morgan fingerprint density at radius 2 is 2.24 bits per heavy atom. The molecule has 1 heterocycles. The Kier molecular flexibility index (Phi) is 3.33. The Morgan fingerprint density at radius 1 is 1.47 bits per heavy atom. The summed E-state index contributed by atoms with van der Waals surface area (Å²) in [4.78, 5) is 4.34. The van der Waals surface area contributed by atoms with Gasteiger partial charge in [-0.05, 0) is 24.6 Å². The molecule has 4 nitrogen and oxygen atoms in total. The Labute approximate surface area is 105 Å². The highest BCUT2D eigenvalue weighted by molar-refractivity contribution is 6.33. The zero-order valence-electron chi connectivity index (χ0n) is 9.77. The van der Waals surface area contributed by atoms with Crippen LogP contribution in [0.1, 0.15) is 32.0 Å². The van der Waals surface area contributed by atoms with Crippen LogP contribution >= 0.6 is 11.6 Å². The summed E-state index contributed by atoms with van der Waals surface area (Å²) in [5.74, 6) is 1.42. The predicted octanol–water partition coefficient (Wildman–Crippen LogP) is 3.49. The molecule has 90 valence electrons. The van der Waals surface area contributed by atoms with Gasteiger partial charge in [0.15, 0.2) is 5.82 Å². The average Bonchev–Trinajstić information content (AvgIpc) is 2.77. The third kappa shape index (κ3) is 2.42. The molecule has 0 bridgehead atoms.